The highest BCUT2D eigenvalue weighted by molar-refractivity contribution is 5.83. The zero-order valence-electron chi connectivity index (χ0n) is 10.2. The molecule has 0 atom stereocenters. The maximum Gasteiger partial charge on any atom is 0.303 e. The molecule has 4 heteroatoms. The Morgan fingerprint density at radius 3 is 1.93 bits per heavy atom. The number of aliphatic carboxylic acids is 1. The standard InChI is InChI=1S/C11H21NO3/c1-10(2,3)12-9(15)11(4,5)7-6-8(13)14/h6-7H2,1-5H3,(H,12,15)(H,13,14). The van der Waals surface area contributed by atoms with E-state index in [1.165, 1.54) is 0 Å². The van der Waals surface area contributed by atoms with E-state index in [-0.39, 0.29) is 17.9 Å². The summed E-state index contributed by atoms with van der Waals surface area (Å²) in [5.41, 5.74) is -0.913. The monoisotopic (exact) mass is 215 g/mol. The van der Waals surface area contributed by atoms with Gasteiger partial charge in [0.25, 0.3) is 0 Å². The van der Waals surface area contributed by atoms with Crippen LogP contribution in [-0.2, 0) is 9.59 Å². The lowest BCUT2D eigenvalue weighted by Crippen LogP contribution is -2.47. The zero-order chi connectivity index (χ0) is 12.3. The summed E-state index contributed by atoms with van der Waals surface area (Å²) >= 11 is 0. The molecule has 0 rings (SSSR count). The first-order valence-corrected chi connectivity index (χ1v) is 5.09. The molecular formula is C11H21NO3. The molecule has 1 amide bonds. The summed E-state index contributed by atoms with van der Waals surface area (Å²) < 4.78 is 0. The molecule has 0 aliphatic rings. The lowest BCUT2D eigenvalue weighted by Gasteiger charge is -2.29. The molecule has 4 nitrogen and oxygen atoms in total. The molecule has 0 aromatic carbocycles. The van der Waals surface area contributed by atoms with Crippen LogP contribution < -0.4 is 5.32 Å². The Bertz CT molecular complexity index is 251. The fourth-order valence-corrected chi connectivity index (χ4v) is 1.04. The zero-order valence-corrected chi connectivity index (χ0v) is 10.2. The predicted molar refractivity (Wildman–Crippen MR) is 58.5 cm³/mol. The van der Waals surface area contributed by atoms with Crippen LogP contribution in [0.3, 0.4) is 0 Å². The van der Waals surface area contributed by atoms with E-state index in [2.05, 4.69) is 5.32 Å². The largest absolute Gasteiger partial charge is 0.481 e. The van der Waals surface area contributed by atoms with Crippen molar-refractivity contribution in [2.45, 2.75) is 53.0 Å². The first-order valence-electron chi connectivity index (χ1n) is 5.09. The van der Waals surface area contributed by atoms with Gasteiger partial charge in [-0.05, 0) is 27.2 Å². The van der Waals surface area contributed by atoms with Gasteiger partial charge in [-0.2, -0.15) is 0 Å². The van der Waals surface area contributed by atoms with Gasteiger partial charge in [-0.3, -0.25) is 9.59 Å². The van der Waals surface area contributed by atoms with E-state index in [1.807, 2.05) is 20.8 Å². The van der Waals surface area contributed by atoms with Gasteiger partial charge >= 0.3 is 5.97 Å². The van der Waals surface area contributed by atoms with Gasteiger partial charge in [0.15, 0.2) is 0 Å². The van der Waals surface area contributed by atoms with Crippen molar-refractivity contribution < 1.29 is 14.7 Å². The number of carboxylic acids is 1. The highest BCUT2D eigenvalue weighted by Gasteiger charge is 2.30. The van der Waals surface area contributed by atoms with Gasteiger partial charge in [-0.25, -0.2) is 0 Å². The third-order valence-corrected chi connectivity index (χ3v) is 2.07. The molecule has 0 bridgehead atoms. The Hall–Kier alpha value is -1.06. The van der Waals surface area contributed by atoms with Crippen LogP contribution in [0.25, 0.3) is 0 Å². The molecule has 0 heterocycles. The summed E-state index contributed by atoms with van der Waals surface area (Å²) in [6, 6.07) is 0. The fraction of sp³-hybridized carbons (Fsp3) is 0.818. The molecule has 0 radical (unpaired) electrons. The van der Waals surface area contributed by atoms with Crippen LogP contribution in [-0.4, -0.2) is 22.5 Å². The smallest absolute Gasteiger partial charge is 0.303 e. The lowest BCUT2D eigenvalue weighted by atomic mass is 9.86. The second-order valence-electron chi connectivity index (χ2n) is 5.48. The van der Waals surface area contributed by atoms with Crippen molar-refractivity contribution in [1.29, 1.82) is 0 Å². The second-order valence-corrected chi connectivity index (χ2v) is 5.48. The number of hydrogen-bond acceptors (Lipinski definition) is 2. The molecule has 15 heavy (non-hydrogen) atoms. The van der Waals surface area contributed by atoms with Crippen LogP contribution in [0.1, 0.15) is 47.5 Å². The summed E-state index contributed by atoms with van der Waals surface area (Å²) in [6.45, 7) is 9.22. The molecule has 0 aromatic rings. The summed E-state index contributed by atoms with van der Waals surface area (Å²) in [5.74, 6) is -0.970. The minimum atomic E-state index is -0.869. The molecule has 0 fully saturated rings. The average Bonchev–Trinajstić information content (AvgIpc) is 1.97. The van der Waals surface area contributed by atoms with Gasteiger partial charge in [0, 0.05) is 17.4 Å². The van der Waals surface area contributed by atoms with Crippen molar-refractivity contribution >= 4 is 11.9 Å². The first kappa shape index (κ1) is 13.9. The quantitative estimate of drug-likeness (QED) is 0.751. The topological polar surface area (TPSA) is 66.4 Å². The van der Waals surface area contributed by atoms with E-state index in [0.717, 1.165) is 0 Å². The molecule has 0 aliphatic carbocycles. The van der Waals surface area contributed by atoms with Gasteiger partial charge in [0.1, 0.15) is 0 Å². The molecular weight excluding hydrogens is 194 g/mol. The Labute approximate surface area is 91.1 Å². The number of carbonyl (C=O) groups excluding carboxylic acids is 1. The van der Waals surface area contributed by atoms with Gasteiger partial charge < -0.3 is 10.4 Å². The van der Waals surface area contributed by atoms with Crippen LogP contribution >= 0.6 is 0 Å². The average molecular weight is 215 g/mol. The first-order chi connectivity index (χ1) is 6.54. The maximum absolute atomic E-state index is 11.8. The van der Waals surface area contributed by atoms with Crippen molar-refractivity contribution in [2.24, 2.45) is 5.41 Å². The molecule has 0 aromatic heterocycles. The van der Waals surface area contributed by atoms with E-state index < -0.39 is 11.4 Å². The Balaban J connectivity index is 4.32. The Morgan fingerprint density at radius 2 is 1.60 bits per heavy atom. The normalized spacial score (nSPS) is 12.3. The van der Waals surface area contributed by atoms with E-state index >= 15 is 0 Å². The van der Waals surface area contributed by atoms with Crippen LogP contribution in [0, 0.1) is 5.41 Å². The van der Waals surface area contributed by atoms with E-state index in [9.17, 15) is 9.59 Å². The summed E-state index contributed by atoms with van der Waals surface area (Å²) in [5, 5.41) is 11.4. The van der Waals surface area contributed by atoms with Crippen LogP contribution in [0.15, 0.2) is 0 Å². The van der Waals surface area contributed by atoms with Crippen molar-refractivity contribution in [1.82, 2.24) is 5.32 Å². The summed E-state index contributed by atoms with van der Waals surface area (Å²) in [6.07, 6.45) is 0.370. The van der Waals surface area contributed by atoms with E-state index in [0.29, 0.717) is 6.42 Å². The Kier molecular flexibility index (Phi) is 4.31. The van der Waals surface area contributed by atoms with Crippen LogP contribution in [0.5, 0.6) is 0 Å². The molecule has 0 unspecified atom stereocenters. The number of hydrogen-bond donors (Lipinski definition) is 2. The van der Waals surface area contributed by atoms with Gasteiger partial charge in [0.05, 0.1) is 0 Å². The van der Waals surface area contributed by atoms with E-state index in [1.54, 1.807) is 13.8 Å². The van der Waals surface area contributed by atoms with Crippen molar-refractivity contribution in [3.8, 4) is 0 Å². The minimum absolute atomic E-state index is 0.0184. The van der Waals surface area contributed by atoms with Crippen molar-refractivity contribution in [3.63, 3.8) is 0 Å². The van der Waals surface area contributed by atoms with Gasteiger partial charge in [-0.1, -0.05) is 13.8 Å². The van der Waals surface area contributed by atoms with Crippen LogP contribution in [0.4, 0.5) is 0 Å². The SMILES string of the molecule is CC(C)(C)NC(=O)C(C)(C)CCC(=O)O. The predicted octanol–water partition coefficient (Wildman–Crippen LogP) is 1.79. The Morgan fingerprint density at radius 1 is 1.13 bits per heavy atom. The lowest BCUT2D eigenvalue weighted by molar-refractivity contribution is -0.138. The molecule has 0 saturated heterocycles. The third kappa shape index (κ3) is 6.10. The van der Waals surface area contributed by atoms with Gasteiger partial charge in [0.2, 0.25) is 5.91 Å². The number of rotatable bonds is 4. The number of carbonyl (C=O) groups is 2. The summed E-state index contributed by atoms with van der Waals surface area (Å²) in [7, 11) is 0. The number of amides is 1. The van der Waals surface area contributed by atoms with Crippen molar-refractivity contribution in [3.05, 3.63) is 0 Å². The molecule has 0 spiro atoms. The third-order valence-electron chi connectivity index (χ3n) is 2.07. The van der Waals surface area contributed by atoms with Gasteiger partial charge in [-0.15, -0.1) is 0 Å². The van der Waals surface area contributed by atoms with Crippen LogP contribution in [0.2, 0.25) is 0 Å². The maximum atomic E-state index is 11.8. The molecule has 88 valence electrons. The number of nitrogens with one attached hydrogen (secondary N) is 1. The number of carboxylic acid groups (broad SMARTS) is 1. The van der Waals surface area contributed by atoms with E-state index in [4.69, 9.17) is 5.11 Å². The fourth-order valence-electron chi connectivity index (χ4n) is 1.04. The molecule has 0 aliphatic heterocycles. The molecule has 2 N–H and O–H groups in total. The summed E-state index contributed by atoms with van der Waals surface area (Å²) in [4.78, 5) is 22.2. The minimum Gasteiger partial charge on any atom is -0.481 e. The second kappa shape index (κ2) is 4.64. The van der Waals surface area contributed by atoms with Crippen molar-refractivity contribution in [2.75, 3.05) is 0 Å². The highest BCUT2D eigenvalue weighted by atomic mass is 16.4. The highest BCUT2D eigenvalue weighted by Crippen LogP contribution is 2.23. The molecule has 0 saturated carbocycles.